The lowest BCUT2D eigenvalue weighted by atomic mass is 9.67. The lowest BCUT2D eigenvalue weighted by Gasteiger charge is -2.42. The van der Waals surface area contributed by atoms with Crippen LogP contribution in [-0.2, 0) is 12.1 Å². The fourth-order valence-electron chi connectivity index (χ4n) is 5.11. The van der Waals surface area contributed by atoms with E-state index in [4.69, 9.17) is 9.47 Å². The second kappa shape index (κ2) is 7.53. The van der Waals surface area contributed by atoms with Crippen molar-refractivity contribution in [2.24, 2.45) is 11.8 Å². The molecule has 1 saturated heterocycles. The predicted octanol–water partition coefficient (Wildman–Crippen LogP) is 3.82. The first-order valence-electron chi connectivity index (χ1n) is 9.85. The van der Waals surface area contributed by atoms with E-state index in [0.29, 0.717) is 5.92 Å². The largest absolute Gasteiger partial charge is 0.497 e. The molecule has 1 aliphatic heterocycles. The van der Waals surface area contributed by atoms with Crippen LogP contribution in [0, 0.1) is 11.8 Å². The molecule has 0 amide bonds. The lowest BCUT2D eigenvalue weighted by molar-refractivity contribution is -0.0662. The van der Waals surface area contributed by atoms with Crippen LogP contribution in [0.2, 0.25) is 0 Å². The number of aliphatic hydroxyl groups is 1. The summed E-state index contributed by atoms with van der Waals surface area (Å²) in [4.78, 5) is 2.48. The van der Waals surface area contributed by atoms with Crippen LogP contribution >= 0.6 is 0 Å². The van der Waals surface area contributed by atoms with E-state index in [0.717, 1.165) is 49.5 Å². The second-order valence-electron chi connectivity index (χ2n) is 7.93. The van der Waals surface area contributed by atoms with Crippen molar-refractivity contribution in [2.45, 2.75) is 31.4 Å². The van der Waals surface area contributed by atoms with E-state index in [1.807, 2.05) is 36.4 Å². The standard InChI is InChI=1S/C23H29NO3/c1-26-19-9-5-7-17(13-19)14-24-15-18-8-6-12-23(25,21(18)16-24)20-10-3-4-11-22(20)27-2/h3-5,7,9-11,13,18,21,25H,6,8,12,14-16H2,1-2H3/t18-,21-,23+/m0/s1. The Kier molecular flexibility index (Phi) is 5.11. The molecule has 27 heavy (non-hydrogen) atoms. The van der Waals surface area contributed by atoms with E-state index in [2.05, 4.69) is 17.0 Å². The SMILES string of the molecule is COc1cccc(CN2C[C@@H]3CCC[C@@](O)(c4ccccc4OC)[C@H]3C2)c1. The molecule has 2 aliphatic rings. The fourth-order valence-corrected chi connectivity index (χ4v) is 5.11. The average Bonchev–Trinajstić information content (AvgIpc) is 3.12. The van der Waals surface area contributed by atoms with Gasteiger partial charge >= 0.3 is 0 Å². The van der Waals surface area contributed by atoms with Gasteiger partial charge in [-0.05, 0) is 48.9 Å². The summed E-state index contributed by atoms with van der Waals surface area (Å²) in [5.41, 5.74) is 1.40. The highest BCUT2D eigenvalue weighted by atomic mass is 16.5. The first-order valence-corrected chi connectivity index (χ1v) is 9.85. The van der Waals surface area contributed by atoms with Crippen molar-refractivity contribution in [1.82, 2.24) is 4.90 Å². The summed E-state index contributed by atoms with van der Waals surface area (Å²) >= 11 is 0. The van der Waals surface area contributed by atoms with Crippen molar-refractivity contribution in [2.75, 3.05) is 27.3 Å². The summed E-state index contributed by atoms with van der Waals surface area (Å²) < 4.78 is 10.9. The van der Waals surface area contributed by atoms with Gasteiger partial charge in [-0.15, -0.1) is 0 Å². The molecule has 1 aliphatic carbocycles. The van der Waals surface area contributed by atoms with Gasteiger partial charge in [0.25, 0.3) is 0 Å². The molecule has 144 valence electrons. The summed E-state index contributed by atoms with van der Waals surface area (Å²) in [7, 11) is 3.39. The zero-order chi connectivity index (χ0) is 18.9. The number of hydrogen-bond acceptors (Lipinski definition) is 4. The van der Waals surface area contributed by atoms with Gasteiger partial charge in [-0.3, -0.25) is 4.90 Å². The van der Waals surface area contributed by atoms with E-state index in [1.165, 1.54) is 12.0 Å². The first kappa shape index (κ1) is 18.3. The van der Waals surface area contributed by atoms with Gasteiger partial charge in [-0.2, -0.15) is 0 Å². The number of likely N-dealkylation sites (tertiary alicyclic amines) is 1. The summed E-state index contributed by atoms with van der Waals surface area (Å²) in [6.07, 6.45) is 3.06. The van der Waals surface area contributed by atoms with Gasteiger partial charge in [-0.25, -0.2) is 0 Å². The van der Waals surface area contributed by atoms with E-state index in [-0.39, 0.29) is 5.92 Å². The van der Waals surface area contributed by atoms with E-state index >= 15 is 0 Å². The Morgan fingerprint density at radius 2 is 1.93 bits per heavy atom. The molecule has 1 saturated carbocycles. The van der Waals surface area contributed by atoms with E-state index < -0.39 is 5.60 Å². The van der Waals surface area contributed by atoms with Crippen molar-refractivity contribution >= 4 is 0 Å². The summed E-state index contributed by atoms with van der Waals surface area (Å²) in [6, 6.07) is 16.2. The maximum atomic E-state index is 11.8. The minimum absolute atomic E-state index is 0.244. The molecule has 1 N–H and O–H groups in total. The quantitative estimate of drug-likeness (QED) is 0.872. The van der Waals surface area contributed by atoms with Crippen LogP contribution in [0.1, 0.15) is 30.4 Å². The molecule has 2 fully saturated rings. The summed E-state index contributed by atoms with van der Waals surface area (Å²) in [6.45, 7) is 2.85. The number of benzene rings is 2. The zero-order valence-electron chi connectivity index (χ0n) is 16.2. The van der Waals surface area contributed by atoms with Crippen molar-refractivity contribution in [3.05, 3.63) is 59.7 Å². The number of fused-ring (bicyclic) bond motifs is 1. The van der Waals surface area contributed by atoms with Crippen LogP contribution < -0.4 is 9.47 Å². The highest BCUT2D eigenvalue weighted by molar-refractivity contribution is 5.39. The van der Waals surface area contributed by atoms with Crippen molar-refractivity contribution < 1.29 is 14.6 Å². The number of ether oxygens (including phenoxy) is 2. The summed E-state index contributed by atoms with van der Waals surface area (Å²) in [5, 5.41) is 11.8. The normalized spacial score (nSPS) is 28.0. The topological polar surface area (TPSA) is 41.9 Å². The molecule has 4 rings (SSSR count). The van der Waals surface area contributed by atoms with Gasteiger partial charge in [0.15, 0.2) is 0 Å². The van der Waals surface area contributed by atoms with Crippen LogP contribution in [0.3, 0.4) is 0 Å². The third-order valence-electron chi connectivity index (χ3n) is 6.38. The minimum atomic E-state index is -0.807. The number of rotatable bonds is 5. The van der Waals surface area contributed by atoms with Gasteiger partial charge in [0.1, 0.15) is 11.5 Å². The van der Waals surface area contributed by atoms with Gasteiger partial charge in [0.2, 0.25) is 0 Å². The fraction of sp³-hybridized carbons (Fsp3) is 0.478. The lowest BCUT2D eigenvalue weighted by Crippen LogP contribution is -2.43. The maximum absolute atomic E-state index is 11.8. The molecule has 0 spiro atoms. The van der Waals surface area contributed by atoms with Gasteiger partial charge in [0, 0.05) is 31.1 Å². The molecule has 0 radical (unpaired) electrons. The van der Waals surface area contributed by atoms with E-state index in [9.17, 15) is 5.11 Å². The summed E-state index contributed by atoms with van der Waals surface area (Å²) in [5.74, 6) is 2.47. The van der Waals surface area contributed by atoms with Gasteiger partial charge in [0.05, 0.1) is 19.8 Å². The molecule has 4 nitrogen and oxygen atoms in total. The van der Waals surface area contributed by atoms with Crippen LogP contribution in [0.15, 0.2) is 48.5 Å². The Morgan fingerprint density at radius 1 is 1.07 bits per heavy atom. The number of hydrogen-bond donors (Lipinski definition) is 1. The minimum Gasteiger partial charge on any atom is -0.497 e. The molecule has 0 bridgehead atoms. The maximum Gasteiger partial charge on any atom is 0.124 e. The first-order chi connectivity index (χ1) is 13.1. The van der Waals surface area contributed by atoms with Crippen molar-refractivity contribution in [3.63, 3.8) is 0 Å². The average molecular weight is 367 g/mol. The highest BCUT2D eigenvalue weighted by Crippen LogP contribution is 2.50. The zero-order valence-corrected chi connectivity index (χ0v) is 16.2. The molecular weight excluding hydrogens is 338 g/mol. The second-order valence-corrected chi connectivity index (χ2v) is 7.93. The molecule has 2 aromatic carbocycles. The Balaban J connectivity index is 1.56. The molecule has 1 heterocycles. The number of nitrogens with zero attached hydrogens (tertiary/aromatic N) is 1. The molecule has 2 aromatic rings. The van der Waals surface area contributed by atoms with Crippen LogP contribution in [0.4, 0.5) is 0 Å². The molecule has 0 unspecified atom stereocenters. The Morgan fingerprint density at radius 3 is 2.74 bits per heavy atom. The monoisotopic (exact) mass is 367 g/mol. The number of methoxy groups -OCH3 is 2. The van der Waals surface area contributed by atoms with Gasteiger partial charge in [-0.1, -0.05) is 30.3 Å². The molecule has 3 atom stereocenters. The third kappa shape index (κ3) is 3.44. The van der Waals surface area contributed by atoms with E-state index in [1.54, 1.807) is 14.2 Å². The molecular formula is C23H29NO3. The van der Waals surface area contributed by atoms with Crippen molar-refractivity contribution in [3.8, 4) is 11.5 Å². The van der Waals surface area contributed by atoms with Crippen LogP contribution in [0.25, 0.3) is 0 Å². The molecule has 0 aromatic heterocycles. The smallest absolute Gasteiger partial charge is 0.124 e. The Bertz CT molecular complexity index is 793. The predicted molar refractivity (Wildman–Crippen MR) is 106 cm³/mol. The van der Waals surface area contributed by atoms with Crippen molar-refractivity contribution in [1.29, 1.82) is 0 Å². The Labute approximate surface area is 161 Å². The molecule has 4 heteroatoms. The highest BCUT2D eigenvalue weighted by Gasteiger charge is 2.50. The van der Waals surface area contributed by atoms with Gasteiger partial charge < -0.3 is 14.6 Å². The van der Waals surface area contributed by atoms with Crippen LogP contribution in [-0.4, -0.2) is 37.3 Å². The third-order valence-corrected chi connectivity index (χ3v) is 6.38. The van der Waals surface area contributed by atoms with Crippen LogP contribution in [0.5, 0.6) is 11.5 Å². The Hall–Kier alpha value is -2.04. The number of para-hydroxylation sites is 1.